The van der Waals surface area contributed by atoms with Crippen molar-refractivity contribution in [3.05, 3.63) is 36.2 Å². The molecule has 3 aromatic rings. The van der Waals surface area contributed by atoms with E-state index in [1.165, 1.54) is 24.5 Å². The number of carbonyl (C=O) groups excluding carboxylic acids is 1. The second kappa shape index (κ2) is 4.33. The van der Waals surface area contributed by atoms with Crippen LogP contribution in [0.5, 0.6) is 0 Å². The number of hydrazine groups is 1. The summed E-state index contributed by atoms with van der Waals surface area (Å²) in [6.07, 6.45) is 2.89. The highest BCUT2D eigenvalue weighted by Gasteiger charge is 2.10. The third-order valence-corrected chi connectivity index (χ3v) is 2.83. The van der Waals surface area contributed by atoms with Crippen LogP contribution in [-0.2, 0) is 6.98 Å². The Bertz CT molecular complexity index is 961. The maximum Gasteiger partial charge on any atom is 0.265 e. The summed E-state index contributed by atoms with van der Waals surface area (Å²) < 4.78 is 44.7. The molecule has 1 amide bonds. The van der Waals surface area contributed by atoms with Crippen LogP contribution in [0.2, 0.25) is 0 Å². The molecule has 6 heteroatoms. The number of hydrogen-bond donors (Lipinski definition) is 2. The first-order valence-corrected chi connectivity index (χ1v) is 5.41. The summed E-state index contributed by atoms with van der Waals surface area (Å²) >= 11 is 0. The standard InChI is InChI=1S/C13H13N5O/c1-14-17-13(19)8-3-4-11-10(5-8)12-9(6-15-11)7-16-18(12)2/h3-7,14H,1-2H3,(H,17,19)/i1D3,2D3. The molecule has 0 bridgehead atoms. The zero-order valence-corrected chi connectivity index (χ0v) is 9.64. The second-order valence-electron chi connectivity index (χ2n) is 3.93. The Morgan fingerprint density at radius 2 is 2.37 bits per heavy atom. The third-order valence-electron chi connectivity index (χ3n) is 2.83. The quantitative estimate of drug-likeness (QED) is 0.675. The number of carbonyl (C=O) groups is 1. The van der Waals surface area contributed by atoms with Crippen molar-refractivity contribution < 1.29 is 13.0 Å². The van der Waals surface area contributed by atoms with Crippen molar-refractivity contribution in [3.63, 3.8) is 0 Å². The second-order valence-corrected chi connectivity index (χ2v) is 3.93. The van der Waals surface area contributed by atoms with Crippen LogP contribution in [0.1, 0.15) is 18.6 Å². The normalized spacial score (nSPS) is 17.1. The van der Waals surface area contributed by atoms with Gasteiger partial charge in [-0.15, -0.1) is 0 Å². The fourth-order valence-corrected chi connectivity index (χ4v) is 1.97. The van der Waals surface area contributed by atoms with Crippen molar-refractivity contribution in [2.75, 3.05) is 6.98 Å². The molecule has 0 unspecified atom stereocenters. The molecular weight excluding hydrogens is 242 g/mol. The van der Waals surface area contributed by atoms with Gasteiger partial charge in [-0.05, 0) is 18.2 Å². The van der Waals surface area contributed by atoms with Crippen molar-refractivity contribution in [2.24, 2.45) is 6.98 Å². The number of amides is 1. The number of aryl methyl sites for hydroxylation is 1. The Balaban J connectivity index is 2.11. The van der Waals surface area contributed by atoms with Gasteiger partial charge in [-0.25, -0.2) is 5.43 Å². The summed E-state index contributed by atoms with van der Waals surface area (Å²) in [6, 6.07) is 4.47. The molecule has 0 saturated heterocycles. The molecule has 0 radical (unpaired) electrons. The number of nitrogens with one attached hydrogen (secondary N) is 2. The number of nitrogens with zero attached hydrogens (tertiary/aromatic N) is 3. The molecule has 19 heavy (non-hydrogen) atoms. The Morgan fingerprint density at radius 1 is 1.42 bits per heavy atom. The summed E-state index contributed by atoms with van der Waals surface area (Å²) in [5, 5.41) is 4.83. The molecule has 2 heterocycles. The predicted molar refractivity (Wildman–Crippen MR) is 72.5 cm³/mol. The SMILES string of the molecule is [2H]C([2H])([2H])NNC(=O)c1ccc2ncc3cnn(C([2H])([2H])[2H])c3c2c1. The van der Waals surface area contributed by atoms with Crippen LogP contribution < -0.4 is 10.9 Å². The van der Waals surface area contributed by atoms with E-state index >= 15 is 0 Å². The van der Waals surface area contributed by atoms with Gasteiger partial charge in [-0.1, -0.05) is 0 Å². The number of benzene rings is 1. The number of rotatable bonds is 2. The zero-order chi connectivity index (χ0) is 18.4. The van der Waals surface area contributed by atoms with Crippen molar-refractivity contribution in [1.82, 2.24) is 25.6 Å². The van der Waals surface area contributed by atoms with Gasteiger partial charge in [0.1, 0.15) is 0 Å². The van der Waals surface area contributed by atoms with Gasteiger partial charge in [0.2, 0.25) is 0 Å². The number of fused-ring (bicyclic) bond motifs is 3. The van der Waals surface area contributed by atoms with E-state index in [9.17, 15) is 4.79 Å². The van der Waals surface area contributed by atoms with E-state index in [1.54, 1.807) is 6.07 Å². The Hall–Kier alpha value is -2.47. The van der Waals surface area contributed by atoms with E-state index in [0.717, 1.165) is 4.68 Å². The van der Waals surface area contributed by atoms with Gasteiger partial charge in [-0.3, -0.25) is 19.9 Å². The first kappa shape index (κ1) is 6.63. The summed E-state index contributed by atoms with van der Waals surface area (Å²) in [7, 11) is 0. The monoisotopic (exact) mass is 261 g/mol. The molecule has 0 spiro atoms. The van der Waals surface area contributed by atoms with Gasteiger partial charge in [0, 0.05) is 44.7 Å². The van der Waals surface area contributed by atoms with Crippen LogP contribution in [-0.4, -0.2) is 27.6 Å². The first-order chi connectivity index (χ1) is 11.6. The first-order valence-electron chi connectivity index (χ1n) is 8.41. The van der Waals surface area contributed by atoms with Gasteiger partial charge in [0.15, 0.2) is 0 Å². The summed E-state index contributed by atoms with van der Waals surface area (Å²) in [5.41, 5.74) is 4.96. The molecular formula is C13H13N5O. The summed E-state index contributed by atoms with van der Waals surface area (Å²) in [4.78, 5) is 16.3. The highest BCUT2D eigenvalue weighted by Crippen LogP contribution is 2.23. The summed E-state index contributed by atoms with van der Waals surface area (Å²) in [6.45, 7) is -5.02. The maximum atomic E-state index is 12.1. The van der Waals surface area contributed by atoms with Crippen molar-refractivity contribution in [1.29, 1.82) is 0 Å². The molecule has 96 valence electrons. The Morgan fingerprint density at radius 3 is 3.21 bits per heavy atom. The van der Waals surface area contributed by atoms with Crippen LogP contribution in [0.4, 0.5) is 0 Å². The van der Waals surface area contributed by atoms with Crippen molar-refractivity contribution in [2.45, 2.75) is 0 Å². The molecule has 6 nitrogen and oxygen atoms in total. The highest BCUT2D eigenvalue weighted by molar-refractivity contribution is 6.06. The smallest absolute Gasteiger partial charge is 0.265 e. The fourth-order valence-electron chi connectivity index (χ4n) is 1.97. The average molecular weight is 261 g/mol. The van der Waals surface area contributed by atoms with E-state index in [-0.39, 0.29) is 5.56 Å². The van der Waals surface area contributed by atoms with Crippen LogP contribution in [0.15, 0.2) is 30.6 Å². The van der Waals surface area contributed by atoms with Gasteiger partial charge < -0.3 is 0 Å². The van der Waals surface area contributed by atoms with E-state index in [2.05, 4.69) is 15.5 Å². The van der Waals surface area contributed by atoms with E-state index < -0.39 is 19.9 Å². The van der Waals surface area contributed by atoms with Crippen LogP contribution in [0.3, 0.4) is 0 Å². The fraction of sp³-hybridized carbons (Fsp3) is 0.154. The molecule has 0 aliphatic heterocycles. The lowest BCUT2D eigenvalue weighted by atomic mass is 10.1. The third kappa shape index (κ3) is 1.82. The maximum absolute atomic E-state index is 12.1. The molecule has 2 N–H and O–H groups in total. The van der Waals surface area contributed by atoms with E-state index in [0.29, 0.717) is 21.8 Å². The Kier molecular flexibility index (Phi) is 1.51. The molecule has 0 fully saturated rings. The minimum atomic E-state index is -2.53. The minimum Gasteiger partial charge on any atom is -0.288 e. The van der Waals surface area contributed by atoms with Gasteiger partial charge in [-0.2, -0.15) is 5.10 Å². The zero-order valence-electron chi connectivity index (χ0n) is 15.6. The number of pyridine rings is 1. The largest absolute Gasteiger partial charge is 0.288 e. The molecule has 0 saturated carbocycles. The lowest BCUT2D eigenvalue weighted by molar-refractivity contribution is 0.0938. The average Bonchev–Trinajstić information content (AvgIpc) is 2.96. The number of hydrogen-bond acceptors (Lipinski definition) is 4. The predicted octanol–water partition coefficient (Wildman–Crippen LogP) is 0.986. The lowest BCUT2D eigenvalue weighted by Gasteiger charge is -2.05. The van der Waals surface area contributed by atoms with Crippen LogP contribution >= 0.6 is 0 Å². The molecule has 1 aromatic carbocycles. The molecule has 0 aliphatic carbocycles. The van der Waals surface area contributed by atoms with Crippen molar-refractivity contribution >= 4 is 27.7 Å². The van der Waals surface area contributed by atoms with Gasteiger partial charge in [0.25, 0.3) is 5.91 Å². The summed E-state index contributed by atoms with van der Waals surface area (Å²) in [5.74, 6) is -0.671. The topological polar surface area (TPSA) is 71.8 Å². The highest BCUT2D eigenvalue weighted by atomic mass is 16.2. The lowest BCUT2D eigenvalue weighted by Crippen LogP contribution is -2.34. The van der Waals surface area contributed by atoms with Crippen LogP contribution in [0.25, 0.3) is 21.8 Å². The molecule has 3 rings (SSSR count). The molecule has 0 atom stereocenters. The molecule has 2 aromatic heterocycles. The Labute approximate surface area is 117 Å². The van der Waals surface area contributed by atoms with Crippen molar-refractivity contribution in [3.8, 4) is 0 Å². The molecule has 0 aliphatic rings. The van der Waals surface area contributed by atoms with Crippen LogP contribution in [0, 0.1) is 0 Å². The van der Waals surface area contributed by atoms with Gasteiger partial charge >= 0.3 is 0 Å². The number of aromatic nitrogens is 3. The van der Waals surface area contributed by atoms with E-state index in [4.69, 9.17) is 8.22 Å². The van der Waals surface area contributed by atoms with E-state index in [1.807, 2.05) is 5.43 Å². The minimum absolute atomic E-state index is 0.150. The van der Waals surface area contributed by atoms with Gasteiger partial charge in [0.05, 0.1) is 17.2 Å².